The highest BCUT2D eigenvalue weighted by Gasteiger charge is 2.25. The second kappa shape index (κ2) is 6.02. The highest BCUT2D eigenvalue weighted by Crippen LogP contribution is 2.25. The van der Waals surface area contributed by atoms with Gasteiger partial charge in [-0.3, -0.25) is 4.79 Å². The number of halogens is 1. The first kappa shape index (κ1) is 14.3. The Morgan fingerprint density at radius 3 is 2.71 bits per heavy atom. The predicted octanol–water partition coefficient (Wildman–Crippen LogP) is 1.86. The van der Waals surface area contributed by atoms with Crippen molar-refractivity contribution in [2.45, 2.75) is 25.8 Å². The molecule has 0 unspecified atom stereocenters. The van der Waals surface area contributed by atoms with Gasteiger partial charge in [0.2, 0.25) is 0 Å². The molecular weight excluding hydrogens is 269 g/mol. The number of carbonyl (C=O) groups is 1. The zero-order chi connectivity index (χ0) is 14.8. The molecule has 5 heteroatoms. The summed E-state index contributed by atoms with van der Waals surface area (Å²) in [7, 11) is 0. The van der Waals surface area contributed by atoms with Gasteiger partial charge in [0.1, 0.15) is 5.82 Å². The molecule has 1 atom stereocenters. The second-order valence-electron chi connectivity index (χ2n) is 5.91. The van der Waals surface area contributed by atoms with Crippen LogP contribution in [0, 0.1) is 5.82 Å². The van der Waals surface area contributed by atoms with Crippen molar-refractivity contribution in [2.75, 3.05) is 37.6 Å². The van der Waals surface area contributed by atoms with Crippen molar-refractivity contribution in [3.8, 4) is 0 Å². The van der Waals surface area contributed by atoms with Crippen LogP contribution in [0.4, 0.5) is 10.1 Å². The van der Waals surface area contributed by atoms with Crippen molar-refractivity contribution in [2.24, 2.45) is 0 Å². The highest BCUT2D eigenvalue weighted by atomic mass is 19.1. The number of anilines is 1. The van der Waals surface area contributed by atoms with E-state index in [1.54, 1.807) is 12.1 Å². The molecule has 1 N–H and O–H groups in total. The van der Waals surface area contributed by atoms with E-state index in [0.717, 1.165) is 39.0 Å². The SMILES string of the molecule is C[C@@H]1CNCCN1C(=O)c1ccc(N2CCCC2)c(F)c1. The van der Waals surface area contributed by atoms with Crippen molar-refractivity contribution >= 4 is 11.6 Å². The van der Waals surface area contributed by atoms with Crippen LogP contribution in [-0.2, 0) is 0 Å². The first-order chi connectivity index (χ1) is 10.2. The summed E-state index contributed by atoms with van der Waals surface area (Å²) in [5.74, 6) is -0.360. The fraction of sp³-hybridized carbons (Fsp3) is 0.562. The molecule has 1 aromatic rings. The van der Waals surface area contributed by atoms with Crippen LogP contribution in [0.2, 0.25) is 0 Å². The summed E-state index contributed by atoms with van der Waals surface area (Å²) in [4.78, 5) is 16.4. The lowest BCUT2D eigenvalue weighted by Gasteiger charge is -2.34. The maximum atomic E-state index is 14.3. The van der Waals surface area contributed by atoms with Crippen LogP contribution in [0.3, 0.4) is 0 Å². The third-order valence-corrected chi connectivity index (χ3v) is 4.40. The second-order valence-corrected chi connectivity index (χ2v) is 5.91. The summed E-state index contributed by atoms with van der Waals surface area (Å²) < 4.78 is 14.3. The van der Waals surface area contributed by atoms with Gasteiger partial charge in [-0.2, -0.15) is 0 Å². The minimum absolute atomic E-state index is 0.0733. The van der Waals surface area contributed by atoms with Crippen LogP contribution in [-0.4, -0.2) is 49.6 Å². The average Bonchev–Trinajstić information content (AvgIpc) is 3.01. The predicted molar refractivity (Wildman–Crippen MR) is 81.2 cm³/mol. The van der Waals surface area contributed by atoms with Gasteiger partial charge in [0.05, 0.1) is 5.69 Å². The summed E-state index contributed by atoms with van der Waals surface area (Å²) in [5, 5.41) is 3.25. The monoisotopic (exact) mass is 291 g/mol. The molecule has 4 nitrogen and oxygen atoms in total. The number of rotatable bonds is 2. The van der Waals surface area contributed by atoms with Crippen LogP contribution < -0.4 is 10.2 Å². The van der Waals surface area contributed by atoms with Crippen molar-refractivity contribution in [3.63, 3.8) is 0 Å². The van der Waals surface area contributed by atoms with Gasteiger partial charge in [-0.25, -0.2) is 4.39 Å². The number of hydrogen-bond acceptors (Lipinski definition) is 3. The number of nitrogens with zero attached hydrogens (tertiary/aromatic N) is 2. The van der Waals surface area contributed by atoms with Gasteiger partial charge in [-0.05, 0) is 38.0 Å². The minimum Gasteiger partial charge on any atom is -0.369 e. The van der Waals surface area contributed by atoms with Crippen molar-refractivity contribution in [1.29, 1.82) is 0 Å². The normalized spacial score (nSPS) is 22.7. The Labute approximate surface area is 124 Å². The Balaban J connectivity index is 1.79. The molecule has 3 rings (SSSR count). The van der Waals surface area contributed by atoms with Crippen LogP contribution in [0.1, 0.15) is 30.1 Å². The summed E-state index contributed by atoms with van der Waals surface area (Å²) in [6.07, 6.45) is 2.22. The van der Waals surface area contributed by atoms with Gasteiger partial charge >= 0.3 is 0 Å². The fourth-order valence-corrected chi connectivity index (χ4v) is 3.16. The molecule has 2 heterocycles. The van der Waals surface area contributed by atoms with E-state index in [-0.39, 0.29) is 17.8 Å². The number of piperazine rings is 1. The van der Waals surface area contributed by atoms with Crippen LogP contribution in [0.15, 0.2) is 18.2 Å². The van der Waals surface area contributed by atoms with Gasteiger partial charge in [0, 0.05) is 44.3 Å². The van der Waals surface area contributed by atoms with Gasteiger partial charge in [0.15, 0.2) is 0 Å². The molecule has 0 spiro atoms. The lowest BCUT2D eigenvalue weighted by molar-refractivity contribution is 0.0655. The number of amides is 1. The van der Waals surface area contributed by atoms with E-state index in [9.17, 15) is 9.18 Å². The van der Waals surface area contributed by atoms with E-state index in [1.165, 1.54) is 6.07 Å². The zero-order valence-electron chi connectivity index (χ0n) is 12.4. The first-order valence-electron chi connectivity index (χ1n) is 7.73. The smallest absolute Gasteiger partial charge is 0.254 e. The standard InChI is InChI=1S/C16H22FN3O/c1-12-11-18-6-9-20(12)16(21)13-4-5-15(14(17)10-13)19-7-2-3-8-19/h4-5,10,12,18H,2-3,6-9,11H2,1H3/t12-/m1/s1. The van der Waals surface area contributed by atoms with Crippen LogP contribution in [0.25, 0.3) is 0 Å². The van der Waals surface area contributed by atoms with Crippen molar-refractivity contribution in [3.05, 3.63) is 29.6 Å². The molecule has 0 aliphatic carbocycles. The third-order valence-electron chi connectivity index (χ3n) is 4.40. The molecule has 2 aliphatic heterocycles. The molecule has 0 bridgehead atoms. The molecule has 0 aromatic heterocycles. The molecule has 2 fully saturated rings. The molecule has 21 heavy (non-hydrogen) atoms. The Bertz CT molecular complexity index is 528. The Hall–Kier alpha value is -1.62. The van der Waals surface area contributed by atoms with Crippen molar-refractivity contribution < 1.29 is 9.18 Å². The third kappa shape index (κ3) is 2.88. The van der Waals surface area contributed by atoms with Gasteiger partial charge in [-0.15, -0.1) is 0 Å². The van der Waals surface area contributed by atoms with E-state index in [1.807, 2.05) is 11.8 Å². The van der Waals surface area contributed by atoms with E-state index in [0.29, 0.717) is 17.8 Å². The molecule has 1 amide bonds. The number of hydrogen-bond donors (Lipinski definition) is 1. The summed E-state index contributed by atoms with van der Waals surface area (Å²) in [6.45, 7) is 6.08. The lowest BCUT2D eigenvalue weighted by Crippen LogP contribution is -2.52. The molecular formula is C16H22FN3O. The van der Waals surface area contributed by atoms with Gasteiger partial charge in [-0.1, -0.05) is 0 Å². The topological polar surface area (TPSA) is 35.6 Å². The number of nitrogens with one attached hydrogen (secondary N) is 1. The Morgan fingerprint density at radius 2 is 2.05 bits per heavy atom. The van der Waals surface area contributed by atoms with Gasteiger partial charge in [0.25, 0.3) is 5.91 Å². The molecule has 114 valence electrons. The van der Waals surface area contributed by atoms with Crippen LogP contribution >= 0.6 is 0 Å². The zero-order valence-corrected chi connectivity index (χ0v) is 12.4. The Morgan fingerprint density at radius 1 is 1.29 bits per heavy atom. The largest absolute Gasteiger partial charge is 0.369 e. The lowest BCUT2D eigenvalue weighted by atomic mass is 10.1. The van der Waals surface area contributed by atoms with Crippen molar-refractivity contribution in [1.82, 2.24) is 10.2 Å². The van der Waals surface area contributed by atoms with E-state index in [2.05, 4.69) is 10.2 Å². The maximum Gasteiger partial charge on any atom is 0.254 e. The minimum atomic E-state index is -0.287. The number of carbonyl (C=O) groups excluding carboxylic acids is 1. The van der Waals surface area contributed by atoms with E-state index < -0.39 is 0 Å². The summed E-state index contributed by atoms with van der Waals surface area (Å²) in [6, 6.07) is 5.05. The maximum absolute atomic E-state index is 14.3. The molecule has 0 saturated carbocycles. The van der Waals surface area contributed by atoms with Crippen LogP contribution in [0.5, 0.6) is 0 Å². The highest BCUT2D eigenvalue weighted by molar-refractivity contribution is 5.95. The van der Waals surface area contributed by atoms with E-state index >= 15 is 0 Å². The van der Waals surface area contributed by atoms with E-state index in [4.69, 9.17) is 0 Å². The molecule has 2 saturated heterocycles. The average molecular weight is 291 g/mol. The molecule has 1 aromatic carbocycles. The first-order valence-corrected chi connectivity index (χ1v) is 7.73. The molecule has 0 radical (unpaired) electrons. The fourth-order valence-electron chi connectivity index (χ4n) is 3.16. The summed E-state index contributed by atoms with van der Waals surface area (Å²) in [5.41, 5.74) is 1.07. The van der Waals surface area contributed by atoms with Gasteiger partial charge < -0.3 is 15.1 Å². The molecule has 2 aliphatic rings. The number of benzene rings is 1. The Kier molecular flexibility index (Phi) is 4.10. The quantitative estimate of drug-likeness (QED) is 0.903. The summed E-state index contributed by atoms with van der Waals surface area (Å²) >= 11 is 0.